The molecule has 8 nitrogen and oxygen atoms in total. The molecule has 3 aliphatic rings. The van der Waals surface area contributed by atoms with Gasteiger partial charge in [0, 0.05) is 18.3 Å². The van der Waals surface area contributed by atoms with Gasteiger partial charge in [0.2, 0.25) is 0 Å². The highest BCUT2D eigenvalue weighted by molar-refractivity contribution is 7.90. The van der Waals surface area contributed by atoms with Crippen LogP contribution in [0.25, 0.3) is 0 Å². The van der Waals surface area contributed by atoms with Gasteiger partial charge in [-0.25, -0.2) is 5.43 Å². The third kappa shape index (κ3) is 3.21. The van der Waals surface area contributed by atoms with Crippen LogP contribution < -0.4 is 21.9 Å². The summed E-state index contributed by atoms with van der Waals surface area (Å²) >= 11 is 0. The van der Waals surface area contributed by atoms with E-state index in [1.165, 1.54) is 0 Å². The molecule has 0 aromatic heterocycles. The lowest BCUT2D eigenvalue weighted by atomic mass is 9.90. The molecule has 3 heterocycles. The Morgan fingerprint density at radius 1 is 1.32 bits per heavy atom. The third-order valence-corrected chi connectivity index (χ3v) is 6.41. The molecule has 4 rings (SSSR count). The second kappa shape index (κ2) is 7.42. The highest BCUT2D eigenvalue weighted by Gasteiger charge is 2.37. The number of hydrogen-bond donors (Lipinski definition) is 4. The van der Waals surface area contributed by atoms with Crippen molar-refractivity contribution in [3.05, 3.63) is 60.0 Å². The van der Waals surface area contributed by atoms with Gasteiger partial charge in [-0.15, -0.1) is 4.40 Å². The van der Waals surface area contributed by atoms with Gasteiger partial charge >= 0.3 is 0 Å². The molecule has 0 bridgehead atoms. The number of dihydropyridines is 1. The second-order valence-electron chi connectivity index (χ2n) is 6.91. The molecule has 28 heavy (non-hydrogen) atoms. The molecule has 0 saturated heterocycles. The fraction of sp³-hybridized carbons (Fsp3) is 0.316. The van der Waals surface area contributed by atoms with Crippen molar-refractivity contribution >= 4 is 21.5 Å². The SMILES string of the molecule is CCCCN1C=C(C2=NS(=O)(=O)c3ccccc3N2)C(NN)C2=CC=CNC21. The lowest BCUT2D eigenvalue weighted by Crippen LogP contribution is -2.56. The van der Waals surface area contributed by atoms with Crippen LogP contribution >= 0.6 is 0 Å². The first-order valence-electron chi connectivity index (χ1n) is 9.33. The molecule has 2 atom stereocenters. The average Bonchev–Trinajstić information content (AvgIpc) is 2.71. The van der Waals surface area contributed by atoms with Gasteiger partial charge in [0.25, 0.3) is 10.0 Å². The molecular weight excluding hydrogens is 376 g/mol. The molecule has 0 amide bonds. The van der Waals surface area contributed by atoms with Gasteiger partial charge in [0.05, 0.1) is 11.7 Å². The fourth-order valence-corrected chi connectivity index (χ4v) is 4.84. The minimum absolute atomic E-state index is 0.0329. The fourth-order valence-electron chi connectivity index (χ4n) is 3.70. The number of unbranched alkanes of at least 4 members (excludes halogenated alkanes) is 1. The van der Waals surface area contributed by atoms with Crippen LogP contribution in [0.3, 0.4) is 0 Å². The predicted molar refractivity (Wildman–Crippen MR) is 110 cm³/mol. The van der Waals surface area contributed by atoms with Crippen LogP contribution in [0.15, 0.2) is 69.3 Å². The van der Waals surface area contributed by atoms with E-state index in [1.807, 2.05) is 24.6 Å². The number of para-hydroxylation sites is 1. The van der Waals surface area contributed by atoms with E-state index >= 15 is 0 Å². The summed E-state index contributed by atoms with van der Waals surface area (Å²) in [5.74, 6) is 6.17. The molecule has 1 aromatic carbocycles. The summed E-state index contributed by atoms with van der Waals surface area (Å²) in [6.07, 6.45) is 9.80. The molecule has 0 saturated carbocycles. The summed E-state index contributed by atoms with van der Waals surface area (Å²) in [6.45, 7) is 2.97. The van der Waals surface area contributed by atoms with E-state index < -0.39 is 10.0 Å². The Morgan fingerprint density at radius 2 is 2.14 bits per heavy atom. The topological polar surface area (TPSA) is 112 Å². The number of hydrazine groups is 1. The maximum atomic E-state index is 12.7. The second-order valence-corrected chi connectivity index (χ2v) is 8.48. The van der Waals surface area contributed by atoms with E-state index in [0.29, 0.717) is 11.3 Å². The van der Waals surface area contributed by atoms with Crippen LogP contribution in [-0.4, -0.2) is 37.9 Å². The van der Waals surface area contributed by atoms with Crippen LogP contribution in [0.2, 0.25) is 0 Å². The lowest BCUT2D eigenvalue weighted by molar-refractivity contribution is 0.254. The number of benzene rings is 1. The molecular formula is C19H24N6O2S. The van der Waals surface area contributed by atoms with Crippen LogP contribution in [0.4, 0.5) is 5.69 Å². The molecule has 1 aromatic rings. The Labute approximate surface area is 164 Å². The number of nitrogens with one attached hydrogen (secondary N) is 3. The van der Waals surface area contributed by atoms with E-state index in [1.54, 1.807) is 24.3 Å². The van der Waals surface area contributed by atoms with Crippen molar-refractivity contribution in [3.8, 4) is 0 Å². The Morgan fingerprint density at radius 3 is 2.93 bits per heavy atom. The highest BCUT2D eigenvalue weighted by atomic mass is 32.2. The van der Waals surface area contributed by atoms with Crippen molar-refractivity contribution in [2.75, 3.05) is 11.9 Å². The lowest BCUT2D eigenvalue weighted by Gasteiger charge is -2.43. The molecule has 5 N–H and O–H groups in total. The summed E-state index contributed by atoms with van der Waals surface area (Å²) in [7, 11) is -3.79. The van der Waals surface area contributed by atoms with Gasteiger partial charge in [0.1, 0.15) is 11.1 Å². The Hall–Kier alpha value is -2.62. The molecule has 0 fully saturated rings. The average molecular weight is 401 g/mol. The number of allylic oxidation sites excluding steroid dienone is 2. The molecule has 148 valence electrons. The number of nitrogens with two attached hydrogens (primary N) is 1. The summed E-state index contributed by atoms with van der Waals surface area (Å²) in [5, 5.41) is 6.53. The van der Waals surface area contributed by atoms with Gasteiger partial charge < -0.3 is 15.5 Å². The monoisotopic (exact) mass is 400 g/mol. The molecule has 0 spiro atoms. The van der Waals surface area contributed by atoms with Gasteiger partial charge in [-0.3, -0.25) is 5.84 Å². The van der Waals surface area contributed by atoms with Gasteiger partial charge in [0.15, 0.2) is 5.84 Å². The van der Waals surface area contributed by atoms with Gasteiger partial charge in [-0.05, 0) is 36.4 Å². The smallest absolute Gasteiger partial charge is 0.286 e. The summed E-state index contributed by atoms with van der Waals surface area (Å²) in [5.41, 5.74) is 5.05. The first kappa shape index (κ1) is 18.7. The summed E-state index contributed by atoms with van der Waals surface area (Å²) in [6, 6.07) is 6.39. The minimum atomic E-state index is -3.79. The van der Waals surface area contributed by atoms with Crippen molar-refractivity contribution in [3.63, 3.8) is 0 Å². The molecule has 9 heteroatoms. The van der Waals surface area contributed by atoms with E-state index in [9.17, 15) is 8.42 Å². The minimum Gasteiger partial charge on any atom is -0.368 e. The third-order valence-electron chi connectivity index (χ3n) is 5.08. The van der Waals surface area contributed by atoms with Crippen molar-refractivity contribution in [2.24, 2.45) is 10.2 Å². The standard InChI is InChI=1S/C19H24N6O2S/c1-2-3-11-25-12-14(17(23-20)13-7-6-10-21-19(13)25)18-22-15-8-4-5-9-16(15)28(26,27)24-18/h4-10,12,17,19,21,23H,2-3,11,20H2,1H3,(H,22,24). The molecule has 0 aliphatic carbocycles. The molecule has 3 aliphatic heterocycles. The number of sulfonamides is 1. The van der Waals surface area contributed by atoms with Crippen molar-refractivity contribution in [2.45, 2.75) is 36.9 Å². The Balaban J connectivity index is 1.79. The van der Waals surface area contributed by atoms with E-state index in [4.69, 9.17) is 5.84 Å². The van der Waals surface area contributed by atoms with Crippen molar-refractivity contribution in [1.82, 2.24) is 15.6 Å². The van der Waals surface area contributed by atoms with Crippen LogP contribution in [0, 0.1) is 0 Å². The first-order chi connectivity index (χ1) is 13.5. The quantitative estimate of drug-likeness (QED) is 0.437. The zero-order chi connectivity index (χ0) is 19.7. The van der Waals surface area contributed by atoms with Gasteiger partial charge in [-0.2, -0.15) is 8.42 Å². The Bertz CT molecular complexity index is 995. The number of hydrogen-bond acceptors (Lipinski definition) is 7. The number of nitrogens with zero attached hydrogens (tertiary/aromatic N) is 2. The van der Waals surface area contributed by atoms with Crippen LogP contribution in [-0.2, 0) is 10.0 Å². The van der Waals surface area contributed by atoms with Crippen molar-refractivity contribution in [1.29, 1.82) is 0 Å². The van der Waals surface area contributed by atoms with E-state index in [0.717, 1.165) is 25.0 Å². The number of rotatable bonds is 5. The van der Waals surface area contributed by atoms with E-state index in [2.05, 4.69) is 32.3 Å². The molecule has 0 radical (unpaired) electrons. The number of fused-ring (bicyclic) bond motifs is 2. The van der Waals surface area contributed by atoms with Crippen LogP contribution in [0.5, 0.6) is 0 Å². The zero-order valence-electron chi connectivity index (χ0n) is 15.6. The maximum absolute atomic E-state index is 12.7. The number of anilines is 1. The normalized spacial score (nSPS) is 24.8. The summed E-state index contributed by atoms with van der Waals surface area (Å²) in [4.78, 5) is 2.34. The van der Waals surface area contributed by atoms with Crippen LogP contribution in [0.1, 0.15) is 19.8 Å². The summed E-state index contributed by atoms with van der Waals surface area (Å²) < 4.78 is 29.4. The number of amidine groups is 1. The van der Waals surface area contributed by atoms with E-state index in [-0.39, 0.29) is 22.9 Å². The largest absolute Gasteiger partial charge is 0.368 e. The van der Waals surface area contributed by atoms with Gasteiger partial charge in [-0.1, -0.05) is 31.6 Å². The Kier molecular flexibility index (Phi) is 4.96. The van der Waals surface area contributed by atoms with Crippen molar-refractivity contribution < 1.29 is 8.42 Å². The highest BCUT2D eigenvalue weighted by Crippen LogP contribution is 2.33. The zero-order valence-corrected chi connectivity index (χ0v) is 16.4. The first-order valence-corrected chi connectivity index (χ1v) is 10.8. The molecule has 2 unspecified atom stereocenters. The predicted octanol–water partition coefficient (Wildman–Crippen LogP) is 1.40. The maximum Gasteiger partial charge on any atom is 0.286 e.